The van der Waals surface area contributed by atoms with Crippen LogP contribution in [-0.2, 0) is 9.53 Å². The van der Waals surface area contributed by atoms with E-state index in [1.54, 1.807) is 0 Å². The molecule has 0 saturated carbocycles. The normalized spacial score (nSPS) is 29.6. The van der Waals surface area contributed by atoms with Gasteiger partial charge in [0.15, 0.2) is 0 Å². The van der Waals surface area contributed by atoms with Gasteiger partial charge in [0.25, 0.3) is 0 Å². The lowest BCUT2D eigenvalue weighted by atomic mass is 10.1. The van der Waals surface area contributed by atoms with Gasteiger partial charge < -0.3 is 15.0 Å². The molecule has 6 heteroatoms. The number of nitrogens with one attached hydrogen (secondary N) is 1. The number of amides is 1. The molecule has 0 aliphatic carbocycles. The second-order valence-electron chi connectivity index (χ2n) is 8.35. The fourth-order valence-corrected chi connectivity index (χ4v) is 4.61. The Morgan fingerprint density at radius 1 is 1.22 bits per heavy atom. The summed E-state index contributed by atoms with van der Waals surface area (Å²) in [7, 11) is 0. The van der Waals surface area contributed by atoms with Gasteiger partial charge >= 0.3 is 0 Å². The highest BCUT2D eigenvalue weighted by Gasteiger charge is 2.36. The van der Waals surface area contributed by atoms with Crippen molar-refractivity contribution in [2.45, 2.75) is 38.5 Å². The molecule has 3 aliphatic heterocycles. The fourth-order valence-electron chi connectivity index (χ4n) is 4.61. The molecule has 1 aromatic rings. The van der Waals surface area contributed by atoms with Crippen LogP contribution in [0.3, 0.4) is 0 Å². The molecule has 1 amide bonds. The minimum absolute atomic E-state index is 0.165. The average molecular weight is 373 g/mol. The summed E-state index contributed by atoms with van der Waals surface area (Å²) in [4.78, 5) is 19.7. The van der Waals surface area contributed by atoms with Crippen molar-refractivity contribution in [1.82, 2.24) is 15.1 Å². The Morgan fingerprint density at radius 3 is 2.81 bits per heavy atom. The molecular formula is C21H32N4O2. The van der Waals surface area contributed by atoms with Gasteiger partial charge in [0.1, 0.15) is 0 Å². The first-order valence-corrected chi connectivity index (χ1v) is 10.3. The van der Waals surface area contributed by atoms with Crippen LogP contribution in [0.5, 0.6) is 0 Å². The molecule has 1 aromatic carbocycles. The van der Waals surface area contributed by atoms with E-state index in [1.807, 2.05) is 0 Å². The summed E-state index contributed by atoms with van der Waals surface area (Å²) in [5.41, 5.74) is 2.58. The molecule has 0 aromatic heterocycles. The summed E-state index contributed by atoms with van der Waals surface area (Å²) in [6.07, 6.45) is 1.32. The fraction of sp³-hybridized carbons (Fsp3) is 0.667. The summed E-state index contributed by atoms with van der Waals surface area (Å²) in [5.74, 6) is 0.165. The number of fused-ring (bicyclic) bond motifs is 1. The smallest absolute Gasteiger partial charge is 0.234 e. The number of carbonyl (C=O) groups is 1. The third-order valence-corrected chi connectivity index (χ3v) is 6.06. The minimum atomic E-state index is 0.165. The van der Waals surface area contributed by atoms with E-state index in [9.17, 15) is 4.79 Å². The van der Waals surface area contributed by atoms with Crippen LogP contribution in [0, 0.1) is 6.92 Å². The number of rotatable bonds is 4. The maximum atomic E-state index is 12.5. The first-order valence-electron chi connectivity index (χ1n) is 10.3. The Morgan fingerprint density at radius 2 is 2.04 bits per heavy atom. The quantitative estimate of drug-likeness (QED) is 0.858. The molecule has 148 valence electrons. The van der Waals surface area contributed by atoms with E-state index in [-0.39, 0.29) is 11.9 Å². The second kappa shape index (κ2) is 8.17. The summed E-state index contributed by atoms with van der Waals surface area (Å²) in [6.45, 7) is 11.3. The standard InChI is InChI=1S/C21H32N4O2/c1-16-4-3-5-19(10-16)24-8-6-23(7-9-24)14-21(26)22-18-11-20-15-27-17(2)12-25(20)13-18/h3-5,10,17-18,20H,6-9,11-15H2,1-2H3,(H,22,26)/t17-,18-,20-/m0/s1. The lowest BCUT2D eigenvalue weighted by molar-refractivity contribution is -0.122. The highest BCUT2D eigenvalue weighted by molar-refractivity contribution is 5.78. The summed E-state index contributed by atoms with van der Waals surface area (Å²) in [6, 6.07) is 9.41. The SMILES string of the molecule is Cc1cccc(N2CCN(CC(=O)N[C@H]3C[C@H]4CO[C@@H](C)CN4C3)CC2)c1. The third kappa shape index (κ3) is 4.62. The third-order valence-electron chi connectivity index (χ3n) is 6.06. The number of hydrogen-bond acceptors (Lipinski definition) is 5. The molecule has 27 heavy (non-hydrogen) atoms. The van der Waals surface area contributed by atoms with Gasteiger partial charge in [-0.25, -0.2) is 0 Å². The number of aryl methyl sites for hydroxylation is 1. The predicted molar refractivity (Wildman–Crippen MR) is 107 cm³/mol. The number of anilines is 1. The maximum Gasteiger partial charge on any atom is 0.234 e. The Kier molecular flexibility index (Phi) is 5.66. The van der Waals surface area contributed by atoms with Crippen molar-refractivity contribution in [2.24, 2.45) is 0 Å². The average Bonchev–Trinajstić information content (AvgIpc) is 3.03. The summed E-state index contributed by atoms with van der Waals surface area (Å²) in [5, 5.41) is 3.26. The van der Waals surface area contributed by atoms with Crippen molar-refractivity contribution in [3.8, 4) is 0 Å². The molecule has 3 atom stereocenters. The van der Waals surface area contributed by atoms with Gasteiger partial charge in [0, 0.05) is 57.0 Å². The number of morpholine rings is 1. The van der Waals surface area contributed by atoms with E-state index in [4.69, 9.17) is 4.74 Å². The van der Waals surface area contributed by atoms with Gasteiger partial charge in [-0.15, -0.1) is 0 Å². The zero-order chi connectivity index (χ0) is 18.8. The van der Waals surface area contributed by atoms with Gasteiger partial charge in [0.05, 0.1) is 19.3 Å². The van der Waals surface area contributed by atoms with Crippen molar-refractivity contribution in [2.75, 3.05) is 57.3 Å². The largest absolute Gasteiger partial charge is 0.376 e. The van der Waals surface area contributed by atoms with Crippen LogP contribution in [0.25, 0.3) is 0 Å². The summed E-state index contributed by atoms with van der Waals surface area (Å²) >= 11 is 0. The Hall–Kier alpha value is -1.63. The second-order valence-corrected chi connectivity index (χ2v) is 8.35. The van der Waals surface area contributed by atoms with Crippen molar-refractivity contribution >= 4 is 11.6 Å². The van der Waals surface area contributed by atoms with Crippen molar-refractivity contribution in [3.05, 3.63) is 29.8 Å². The van der Waals surface area contributed by atoms with E-state index in [0.717, 1.165) is 52.3 Å². The number of benzene rings is 1. The van der Waals surface area contributed by atoms with Gasteiger partial charge in [-0.2, -0.15) is 0 Å². The lowest BCUT2D eigenvalue weighted by Gasteiger charge is -2.36. The van der Waals surface area contributed by atoms with Crippen LogP contribution in [0.2, 0.25) is 0 Å². The van der Waals surface area contributed by atoms with E-state index < -0.39 is 0 Å². The van der Waals surface area contributed by atoms with Crippen molar-refractivity contribution in [1.29, 1.82) is 0 Å². The van der Waals surface area contributed by atoms with Gasteiger partial charge in [0.2, 0.25) is 5.91 Å². The van der Waals surface area contributed by atoms with Crippen LogP contribution < -0.4 is 10.2 Å². The maximum absolute atomic E-state index is 12.5. The number of ether oxygens (including phenoxy) is 1. The monoisotopic (exact) mass is 372 g/mol. The van der Waals surface area contributed by atoms with Gasteiger partial charge in [-0.3, -0.25) is 14.6 Å². The Balaban J connectivity index is 1.21. The Bertz CT molecular complexity index is 659. The van der Waals surface area contributed by atoms with Crippen LogP contribution >= 0.6 is 0 Å². The molecule has 6 nitrogen and oxygen atoms in total. The number of nitrogens with zero attached hydrogens (tertiary/aromatic N) is 3. The Labute approximate surface area is 162 Å². The molecule has 3 aliphatic rings. The van der Waals surface area contributed by atoms with E-state index >= 15 is 0 Å². The van der Waals surface area contributed by atoms with Crippen LogP contribution in [0.4, 0.5) is 5.69 Å². The van der Waals surface area contributed by atoms with Gasteiger partial charge in [-0.1, -0.05) is 12.1 Å². The number of carbonyl (C=O) groups excluding carboxylic acids is 1. The first kappa shape index (κ1) is 18.7. The molecular weight excluding hydrogens is 340 g/mol. The van der Waals surface area contributed by atoms with Crippen LogP contribution in [-0.4, -0.2) is 86.3 Å². The zero-order valence-electron chi connectivity index (χ0n) is 16.6. The summed E-state index contributed by atoms with van der Waals surface area (Å²) < 4.78 is 5.75. The molecule has 3 heterocycles. The lowest BCUT2D eigenvalue weighted by Crippen LogP contribution is -2.51. The predicted octanol–water partition coefficient (Wildman–Crippen LogP) is 1.09. The molecule has 0 radical (unpaired) electrons. The van der Waals surface area contributed by atoms with Crippen molar-refractivity contribution < 1.29 is 9.53 Å². The zero-order valence-corrected chi connectivity index (χ0v) is 16.6. The topological polar surface area (TPSA) is 48.1 Å². The van der Waals surface area contributed by atoms with E-state index in [0.29, 0.717) is 18.7 Å². The first-order chi connectivity index (χ1) is 13.1. The van der Waals surface area contributed by atoms with Crippen LogP contribution in [0.1, 0.15) is 18.9 Å². The van der Waals surface area contributed by atoms with Crippen LogP contribution in [0.15, 0.2) is 24.3 Å². The molecule has 0 spiro atoms. The van der Waals surface area contributed by atoms with Crippen molar-refractivity contribution in [3.63, 3.8) is 0 Å². The molecule has 0 bridgehead atoms. The minimum Gasteiger partial charge on any atom is -0.376 e. The molecule has 3 saturated heterocycles. The molecule has 4 rings (SSSR count). The van der Waals surface area contributed by atoms with Gasteiger partial charge in [-0.05, 0) is 38.0 Å². The highest BCUT2D eigenvalue weighted by atomic mass is 16.5. The molecule has 1 N–H and O–H groups in total. The number of hydrogen-bond donors (Lipinski definition) is 1. The number of piperazine rings is 1. The highest BCUT2D eigenvalue weighted by Crippen LogP contribution is 2.23. The van der Waals surface area contributed by atoms with E-state index in [2.05, 4.69) is 58.1 Å². The molecule has 0 unspecified atom stereocenters. The van der Waals surface area contributed by atoms with E-state index in [1.165, 1.54) is 11.3 Å². The molecule has 3 fully saturated rings.